The Morgan fingerprint density at radius 1 is 0.567 bits per heavy atom. The van der Waals surface area contributed by atoms with Crippen LogP contribution >= 0.6 is 0 Å². The summed E-state index contributed by atoms with van der Waals surface area (Å²) in [5.74, 6) is -0.0360. The molecule has 30 heavy (non-hydrogen) atoms. The van der Waals surface area contributed by atoms with Gasteiger partial charge in [0.2, 0.25) is 0 Å². The van der Waals surface area contributed by atoms with E-state index in [4.69, 9.17) is 0 Å². The molecule has 1 rings (SSSR count). The van der Waals surface area contributed by atoms with Crippen LogP contribution in [0.3, 0.4) is 0 Å². The Bertz CT molecular complexity index is 556. The van der Waals surface area contributed by atoms with E-state index in [0.717, 1.165) is 12.8 Å². The second-order valence-corrected chi connectivity index (χ2v) is 8.73. The van der Waals surface area contributed by atoms with Crippen LogP contribution < -0.4 is 0 Å². The van der Waals surface area contributed by atoms with Gasteiger partial charge in [-0.15, -0.1) is 0 Å². The monoisotopic (exact) mass is 422 g/mol. The van der Waals surface area contributed by atoms with Gasteiger partial charge in [0.15, 0.2) is 0 Å². The van der Waals surface area contributed by atoms with Crippen molar-refractivity contribution in [2.24, 2.45) is 0 Å². The van der Waals surface area contributed by atoms with Crippen molar-refractivity contribution >= 4 is 0 Å². The molecule has 0 heterocycles. The van der Waals surface area contributed by atoms with Crippen LogP contribution in [-0.4, -0.2) is 20.4 Å². The minimum atomic E-state index is -0.394. The SMILES string of the molecule is CCCCCCCCCCCCCCCCCCc1cc(O)c(CO)c(CO)c1O. The van der Waals surface area contributed by atoms with E-state index in [0.29, 0.717) is 12.0 Å². The van der Waals surface area contributed by atoms with Gasteiger partial charge in [-0.2, -0.15) is 0 Å². The Kier molecular flexibility index (Phi) is 15.6. The third-order valence-electron chi connectivity index (χ3n) is 6.19. The number of hydrogen-bond acceptors (Lipinski definition) is 4. The molecule has 4 nitrogen and oxygen atoms in total. The quantitative estimate of drug-likeness (QED) is 0.145. The van der Waals surface area contributed by atoms with Crippen LogP contribution in [0.25, 0.3) is 0 Å². The number of phenols is 2. The third-order valence-corrected chi connectivity index (χ3v) is 6.19. The average Bonchev–Trinajstić information content (AvgIpc) is 2.75. The van der Waals surface area contributed by atoms with Crippen LogP contribution in [0.15, 0.2) is 6.07 Å². The molecule has 0 aliphatic carbocycles. The molecular formula is C26H46O4. The smallest absolute Gasteiger partial charge is 0.124 e. The first-order chi connectivity index (χ1) is 14.7. The summed E-state index contributed by atoms with van der Waals surface area (Å²) in [6.07, 6.45) is 21.8. The van der Waals surface area contributed by atoms with Crippen molar-refractivity contribution in [3.8, 4) is 11.5 Å². The molecule has 0 aliphatic rings. The summed E-state index contributed by atoms with van der Waals surface area (Å²) >= 11 is 0. The number of aryl methyl sites for hydroxylation is 1. The van der Waals surface area contributed by atoms with E-state index in [1.807, 2.05) is 0 Å². The molecule has 1 aromatic rings. The highest BCUT2D eigenvalue weighted by Crippen LogP contribution is 2.34. The first kappa shape index (κ1) is 26.8. The summed E-state index contributed by atoms with van der Waals surface area (Å²) in [6.45, 7) is 1.49. The lowest BCUT2D eigenvalue weighted by molar-refractivity contribution is 0.250. The fraction of sp³-hybridized carbons (Fsp3) is 0.769. The summed E-state index contributed by atoms with van der Waals surface area (Å²) < 4.78 is 0. The van der Waals surface area contributed by atoms with Gasteiger partial charge in [-0.3, -0.25) is 0 Å². The van der Waals surface area contributed by atoms with Crippen LogP contribution in [0.1, 0.15) is 126 Å². The number of aliphatic hydroxyl groups excluding tert-OH is 2. The van der Waals surface area contributed by atoms with Crippen molar-refractivity contribution < 1.29 is 20.4 Å². The predicted octanol–water partition coefficient (Wildman–Crippen LogP) is 6.89. The van der Waals surface area contributed by atoms with E-state index in [1.54, 1.807) is 0 Å². The van der Waals surface area contributed by atoms with Crippen molar-refractivity contribution in [3.05, 3.63) is 22.8 Å². The molecule has 0 saturated carbocycles. The summed E-state index contributed by atoms with van der Waals surface area (Å²) in [5.41, 5.74) is 1.11. The van der Waals surface area contributed by atoms with E-state index >= 15 is 0 Å². The summed E-state index contributed by atoms with van der Waals surface area (Å²) in [5, 5.41) is 38.9. The number of benzene rings is 1. The van der Waals surface area contributed by atoms with Crippen LogP contribution in [0.5, 0.6) is 11.5 Å². The molecule has 4 heteroatoms. The van der Waals surface area contributed by atoms with Gasteiger partial charge in [-0.1, -0.05) is 103 Å². The normalized spacial score (nSPS) is 11.3. The average molecular weight is 423 g/mol. The number of hydrogen-bond donors (Lipinski definition) is 4. The molecule has 0 aliphatic heterocycles. The molecule has 0 unspecified atom stereocenters. The van der Waals surface area contributed by atoms with Crippen LogP contribution in [-0.2, 0) is 19.6 Å². The molecule has 0 bridgehead atoms. The molecular weight excluding hydrogens is 376 g/mol. The molecule has 0 atom stereocenters. The van der Waals surface area contributed by atoms with Gasteiger partial charge in [-0.05, 0) is 24.5 Å². The molecule has 0 amide bonds. The maximum absolute atomic E-state index is 10.3. The Labute approximate surface area is 184 Å². The largest absolute Gasteiger partial charge is 0.508 e. The van der Waals surface area contributed by atoms with E-state index in [9.17, 15) is 20.4 Å². The summed E-state index contributed by atoms with van der Waals surface area (Å²) in [6, 6.07) is 1.52. The van der Waals surface area contributed by atoms with E-state index in [2.05, 4.69) is 6.92 Å². The van der Waals surface area contributed by atoms with Gasteiger partial charge in [0.25, 0.3) is 0 Å². The third kappa shape index (κ3) is 10.7. The van der Waals surface area contributed by atoms with Gasteiger partial charge in [-0.25, -0.2) is 0 Å². The first-order valence-electron chi connectivity index (χ1n) is 12.4. The van der Waals surface area contributed by atoms with Crippen molar-refractivity contribution in [3.63, 3.8) is 0 Å². The fourth-order valence-corrected chi connectivity index (χ4v) is 4.21. The van der Waals surface area contributed by atoms with Gasteiger partial charge in [0.05, 0.1) is 13.2 Å². The molecule has 4 N–H and O–H groups in total. The summed E-state index contributed by atoms with van der Waals surface area (Å²) in [7, 11) is 0. The van der Waals surface area contributed by atoms with Crippen molar-refractivity contribution in [2.75, 3.05) is 0 Å². The molecule has 0 fully saturated rings. The highest BCUT2D eigenvalue weighted by atomic mass is 16.3. The zero-order valence-electron chi connectivity index (χ0n) is 19.3. The zero-order chi connectivity index (χ0) is 22.0. The topological polar surface area (TPSA) is 80.9 Å². The van der Waals surface area contributed by atoms with E-state index in [1.165, 1.54) is 96.0 Å². The number of aromatic hydroxyl groups is 2. The van der Waals surface area contributed by atoms with Crippen LogP contribution in [0.4, 0.5) is 0 Å². The van der Waals surface area contributed by atoms with Crippen molar-refractivity contribution in [1.82, 2.24) is 0 Å². The molecule has 0 aromatic heterocycles. The van der Waals surface area contributed by atoms with Crippen LogP contribution in [0.2, 0.25) is 0 Å². The van der Waals surface area contributed by atoms with Gasteiger partial charge < -0.3 is 20.4 Å². The predicted molar refractivity (Wildman–Crippen MR) is 125 cm³/mol. The minimum Gasteiger partial charge on any atom is -0.508 e. The fourth-order valence-electron chi connectivity index (χ4n) is 4.21. The standard InChI is InChI=1S/C26H46O4/c1-2-3-4-5-6-7-8-9-10-11-12-13-14-15-16-17-18-22-19-25(29)23(20-27)24(21-28)26(22)30/h19,27-30H,2-18,20-21H2,1H3. The van der Waals surface area contributed by atoms with Crippen molar-refractivity contribution in [1.29, 1.82) is 0 Å². The second-order valence-electron chi connectivity index (χ2n) is 8.73. The number of unbranched alkanes of at least 4 members (excludes halogenated alkanes) is 15. The highest BCUT2D eigenvalue weighted by molar-refractivity contribution is 5.52. The van der Waals surface area contributed by atoms with Gasteiger partial charge >= 0.3 is 0 Å². The zero-order valence-corrected chi connectivity index (χ0v) is 19.3. The lowest BCUT2D eigenvalue weighted by Gasteiger charge is -2.14. The number of aliphatic hydroxyl groups is 2. The molecule has 0 saturated heterocycles. The second kappa shape index (κ2) is 17.4. The first-order valence-corrected chi connectivity index (χ1v) is 12.4. The Hall–Kier alpha value is -1.26. The molecule has 0 radical (unpaired) electrons. The van der Waals surface area contributed by atoms with Crippen LogP contribution in [0, 0.1) is 0 Å². The summed E-state index contributed by atoms with van der Waals surface area (Å²) in [4.78, 5) is 0. The van der Waals surface area contributed by atoms with E-state index < -0.39 is 6.61 Å². The Balaban J connectivity index is 2.01. The minimum absolute atomic E-state index is 0.0142. The molecule has 1 aromatic carbocycles. The Morgan fingerprint density at radius 3 is 1.37 bits per heavy atom. The maximum atomic E-state index is 10.3. The maximum Gasteiger partial charge on any atom is 0.124 e. The number of rotatable bonds is 19. The van der Waals surface area contributed by atoms with Gasteiger partial charge in [0, 0.05) is 11.1 Å². The van der Waals surface area contributed by atoms with Gasteiger partial charge in [0.1, 0.15) is 11.5 Å². The Morgan fingerprint density at radius 2 is 0.967 bits per heavy atom. The lowest BCUT2D eigenvalue weighted by atomic mass is 9.97. The van der Waals surface area contributed by atoms with E-state index in [-0.39, 0.29) is 29.2 Å². The molecule has 174 valence electrons. The van der Waals surface area contributed by atoms with Crippen molar-refractivity contribution in [2.45, 2.75) is 129 Å². The highest BCUT2D eigenvalue weighted by Gasteiger charge is 2.16. The molecule has 0 spiro atoms. The lowest BCUT2D eigenvalue weighted by Crippen LogP contribution is -1.99.